The maximum Gasteiger partial charge on any atom is 0.270 e. The molecule has 2 aromatic rings. The molecule has 0 aliphatic heterocycles. The highest BCUT2D eigenvalue weighted by molar-refractivity contribution is 6.34. The van der Waals surface area contributed by atoms with Crippen molar-refractivity contribution in [3.8, 4) is 5.75 Å². The lowest BCUT2D eigenvalue weighted by Gasteiger charge is -2.09. The monoisotopic (exact) mass is 340 g/mol. The van der Waals surface area contributed by atoms with E-state index in [0.29, 0.717) is 16.5 Å². The van der Waals surface area contributed by atoms with Gasteiger partial charge in [-0.25, -0.2) is 0 Å². The summed E-state index contributed by atoms with van der Waals surface area (Å²) in [6.07, 6.45) is 0. The van der Waals surface area contributed by atoms with Crippen molar-refractivity contribution in [1.82, 2.24) is 0 Å². The summed E-state index contributed by atoms with van der Waals surface area (Å²) >= 11 is 11.9. The molecular weight excluding hydrogens is 331 g/mol. The minimum Gasteiger partial charge on any atom is -0.495 e. The number of methoxy groups -OCH3 is 1. The Kier molecular flexibility index (Phi) is 4.85. The fourth-order valence-electron chi connectivity index (χ4n) is 1.74. The number of benzene rings is 2. The van der Waals surface area contributed by atoms with Gasteiger partial charge >= 0.3 is 0 Å². The van der Waals surface area contributed by atoms with Gasteiger partial charge in [-0.1, -0.05) is 23.2 Å². The van der Waals surface area contributed by atoms with Crippen molar-refractivity contribution in [2.45, 2.75) is 0 Å². The molecule has 0 aliphatic rings. The van der Waals surface area contributed by atoms with Gasteiger partial charge in [-0.15, -0.1) is 0 Å². The number of carbonyl (C=O) groups excluding carboxylic acids is 1. The van der Waals surface area contributed by atoms with E-state index >= 15 is 0 Å². The van der Waals surface area contributed by atoms with Crippen LogP contribution in [0.15, 0.2) is 36.4 Å². The van der Waals surface area contributed by atoms with E-state index in [9.17, 15) is 14.9 Å². The van der Waals surface area contributed by atoms with Crippen molar-refractivity contribution in [2.75, 3.05) is 12.4 Å². The van der Waals surface area contributed by atoms with E-state index in [1.54, 1.807) is 12.1 Å². The van der Waals surface area contributed by atoms with Gasteiger partial charge in [0.15, 0.2) is 0 Å². The second-order valence-corrected chi connectivity index (χ2v) is 5.04. The SMILES string of the molecule is COc1ccc(NC(=O)c2cc([N+](=O)[O-])ccc2Cl)cc1Cl. The van der Waals surface area contributed by atoms with Crippen LogP contribution in [0.4, 0.5) is 11.4 Å². The van der Waals surface area contributed by atoms with Gasteiger partial charge in [0.05, 0.1) is 27.6 Å². The van der Waals surface area contributed by atoms with Crippen LogP contribution < -0.4 is 10.1 Å². The summed E-state index contributed by atoms with van der Waals surface area (Å²) < 4.78 is 5.01. The summed E-state index contributed by atoms with van der Waals surface area (Å²) in [4.78, 5) is 22.3. The number of amides is 1. The van der Waals surface area contributed by atoms with Crippen molar-refractivity contribution in [3.05, 3.63) is 62.1 Å². The van der Waals surface area contributed by atoms with E-state index in [2.05, 4.69) is 5.32 Å². The first-order valence-electron chi connectivity index (χ1n) is 6.01. The summed E-state index contributed by atoms with van der Waals surface area (Å²) in [6.45, 7) is 0. The van der Waals surface area contributed by atoms with Crippen LogP contribution in [0.1, 0.15) is 10.4 Å². The molecule has 0 aliphatic carbocycles. The zero-order valence-electron chi connectivity index (χ0n) is 11.3. The Hall–Kier alpha value is -2.31. The van der Waals surface area contributed by atoms with Gasteiger partial charge in [0.2, 0.25) is 0 Å². The van der Waals surface area contributed by atoms with Crippen molar-refractivity contribution in [1.29, 1.82) is 0 Å². The average molecular weight is 341 g/mol. The molecule has 1 N–H and O–H groups in total. The molecule has 0 saturated carbocycles. The summed E-state index contributed by atoms with van der Waals surface area (Å²) in [5.74, 6) is -0.108. The number of rotatable bonds is 4. The smallest absolute Gasteiger partial charge is 0.270 e. The maximum atomic E-state index is 12.2. The fraction of sp³-hybridized carbons (Fsp3) is 0.0714. The third-order valence-corrected chi connectivity index (χ3v) is 3.44. The van der Waals surface area contributed by atoms with E-state index in [0.717, 1.165) is 6.07 Å². The molecule has 22 heavy (non-hydrogen) atoms. The topological polar surface area (TPSA) is 81.5 Å². The standard InChI is InChI=1S/C14H10Cl2N2O4/c1-22-13-5-2-8(6-12(13)16)17-14(19)10-7-9(18(20)21)3-4-11(10)15/h2-7H,1H3,(H,17,19). The third-order valence-electron chi connectivity index (χ3n) is 2.82. The number of non-ortho nitro benzene ring substituents is 1. The first-order chi connectivity index (χ1) is 10.4. The van der Waals surface area contributed by atoms with Crippen LogP contribution >= 0.6 is 23.2 Å². The van der Waals surface area contributed by atoms with E-state index in [1.165, 1.54) is 25.3 Å². The summed E-state index contributed by atoms with van der Waals surface area (Å²) in [7, 11) is 1.47. The number of nitro groups is 1. The molecule has 0 radical (unpaired) electrons. The zero-order chi connectivity index (χ0) is 16.3. The van der Waals surface area contributed by atoms with Crippen LogP contribution in [0.3, 0.4) is 0 Å². The lowest BCUT2D eigenvalue weighted by Crippen LogP contribution is -2.12. The molecule has 6 nitrogen and oxygen atoms in total. The number of nitro benzene ring substituents is 1. The number of nitrogens with zero attached hydrogens (tertiary/aromatic N) is 1. The largest absolute Gasteiger partial charge is 0.495 e. The minimum absolute atomic E-state index is 0.00260. The highest BCUT2D eigenvalue weighted by Gasteiger charge is 2.16. The number of carbonyl (C=O) groups is 1. The van der Waals surface area contributed by atoms with Crippen molar-refractivity contribution in [3.63, 3.8) is 0 Å². The first kappa shape index (κ1) is 16.1. The Morgan fingerprint density at radius 1 is 1.18 bits per heavy atom. The Morgan fingerprint density at radius 2 is 1.91 bits per heavy atom. The second kappa shape index (κ2) is 6.64. The van der Waals surface area contributed by atoms with Crippen LogP contribution in [0.2, 0.25) is 10.0 Å². The minimum atomic E-state index is -0.600. The van der Waals surface area contributed by atoms with Gasteiger partial charge in [0, 0.05) is 17.8 Å². The van der Waals surface area contributed by atoms with Gasteiger partial charge < -0.3 is 10.1 Å². The average Bonchev–Trinajstić information content (AvgIpc) is 2.47. The summed E-state index contributed by atoms with van der Waals surface area (Å²) in [6, 6.07) is 8.33. The van der Waals surface area contributed by atoms with Crippen LogP contribution in [-0.4, -0.2) is 17.9 Å². The van der Waals surface area contributed by atoms with Crippen LogP contribution in [0.5, 0.6) is 5.75 Å². The predicted octanol–water partition coefficient (Wildman–Crippen LogP) is 4.16. The van der Waals surface area contributed by atoms with Gasteiger partial charge in [0.1, 0.15) is 5.75 Å². The number of hydrogen-bond donors (Lipinski definition) is 1. The fourth-order valence-corrected chi connectivity index (χ4v) is 2.20. The molecule has 0 aromatic heterocycles. The van der Waals surface area contributed by atoms with E-state index < -0.39 is 10.8 Å². The van der Waals surface area contributed by atoms with Crippen molar-refractivity contribution in [2.24, 2.45) is 0 Å². The van der Waals surface area contributed by atoms with E-state index in [4.69, 9.17) is 27.9 Å². The molecule has 2 rings (SSSR count). The molecule has 0 heterocycles. The Bertz CT molecular complexity index is 750. The molecule has 0 unspecified atom stereocenters. The van der Waals surface area contributed by atoms with Gasteiger partial charge in [-0.05, 0) is 24.3 Å². The first-order valence-corrected chi connectivity index (χ1v) is 6.77. The highest BCUT2D eigenvalue weighted by atomic mass is 35.5. The number of ether oxygens (including phenoxy) is 1. The molecule has 0 bridgehead atoms. The Balaban J connectivity index is 2.27. The zero-order valence-corrected chi connectivity index (χ0v) is 12.8. The van der Waals surface area contributed by atoms with Gasteiger partial charge in [-0.3, -0.25) is 14.9 Å². The number of hydrogen-bond acceptors (Lipinski definition) is 4. The summed E-state index contributed by atoms with van der Waals surface area (Å²) in [5, 5.41) is 13.8. The quantitative estimate of drug-likeness (QED) is 0.669. The molecule has 2 aromatic carbocycles. The van der Waals surface area contributed by atoms with Crippen LogP contribution in [0.25, 0.3) is 0 Å². The van der Waals surface area contributed by atoms with Gasteiger partial charge in [0.25, 0.3) is 11.6 Å². The molecule has 1 amide bonds. The molecule has 8 heteroatoms. The molecule has 0 spiro atoms. The predicted molar refractivity (Wildman–Crippen MR) is 84.1 cm³/mol. The number of halogens is 2. The molecule has 0 saturated heterocycles. The molecule has 0 atom stereocenters. The highest BCUT2D eigenvalue weighted by Crippen LogP contribution is 2.28. The summed E-state index contributed by atoms with van der Waals surface area (Å²) in [5.41, 5.74) is 0.198. The lowest BCUT2D eigenvalue weighted by molar-refractivity contribution is -0.384. The molecule has 114 valence electrons. The van der Waals surface area contributed by atoms with Gasteiger partial charge in [-0.2, -0.15) is 0 Å². The third kappa shape index (κ3) is 3.47. The van der Waals surface area contributed by atoms with Crippen LogP contribution in [0, 0.1) is 10.1 Å². The number of anilines is 1. The number of nitrogens with one attached hydrogen (secondary N) is 1. The Morgan fingerprint density at radius 3 is 2.50 bits per heavy atom. The normalized spacial score (nSPS) is 10.1. The Labute approximate surface area is 135 Å². The van der Waals surface area contributed by atoms with Crippen molar-refractivity contribution < 1.29 is 14.5 Å². The van der Waals surface area contributed by atoms with E-state index in [1.807, 2.05) is 0 Å². The van der Waals surface area contributed by atoms with Crippen molar-refractivity contribution >= 4 is 40.5 Å². The second-order valence-electron chi connectivity index (χ2n) is 4.22. The molecule has 0 fully saturated rings. The van der Waals surface area contributed by atoms with Crippen LogP contribution in [-0.2, 0) is 0 Å². The van der Waals surface area contributed by atoms with E-state index in [-0.39, 0.29) is 16.3 Å². The maximum absolute atomic E-state index is 12.2. The molecular formula is C14H10Cl2N2O4. The lowest BCUT2D eigenvalue weighted by atomic mass is 10.2.